The van der Waals surface area contributed by atoms with E-state index in [0.717, 1.165) is 40.8 Å². The number of anilines is 2. The molecule has 0 fully saturated rings. The Labute approximate surface area is 196 Å². The molecule has 0 spiro atoms. The average molecular weight is 438 g/mol. The maximum absolute atomic E-state index is 9.84. The fourth-order valence-electron chi connectivity index (χ4n) is 5.76. The van der Waals surface area contributed by atoms with Crippen molar-refractivity contribution in [1.29, 1.82) is 10.5 Å². The van der Waals surface area contributed by atoms with Crippen LogP contribution in [0.5, 0.6) is 0 Å². The highest BCUT2D eigenvalue weighted by molar-refractivity contribution is 6.09. The first-order valence-electron chi connectivity index (χ1n) is 11.5. The van der Waals surface area contributed by atoms with Gasteiger partial charge in [-0.15, -0.1) is 0 Å². The van der Waals surface area contributed by atoms with Crippen LogP contribution in [0.4, 0.5) is 11.5 Å². The fraction of sp³-hybridized carbons (Fsp3) is 0.393. The predicted molar refractivity (Wildman–Crippen MR) is 135 cm³/mol. The zero-order valence-electron chi connectivity index (χ0n) is 20.6. The molecule has 5 heteroatoms. The number of benzene rings is 1. The quantitative estimate of drug-likeness (QED) is 0.611. The highest BCUT2D eigenvalue weighted by atomic mass is 15.2. The van der Waals surface area contributed by atoms with Gasteiger partial charge >= 0.3 is 0 Å². The molecule has 2 heterocycles. The van der Waals surface area contributed by atoms with E-state index in [0.29, 0.717) is 22.7 Å². The summed E-state index contributed by atoms with van der Waals surface area (Å²) in [6.45, 7) is 16.1. The number of nitriles is 2. The summed E-state index contributed by atoms with van der Waals surface area (Å²) in [5.41, 5.74) is 16.1. The maximum Gasteiger partial charge on any atom is 0.142 e. The molecule has 0 saturated carbocycles. The van der Waals surface area contributed by atoms with Gasteiger partial charge in [0.25, 0.3) is 0 Å². The van der Waals surface area contributed by atoms with Crippen LogP contribution in [0.2, 0.25) is 0 Å². The van der Waals surface area contributed by atoms with Crippen LogP contribution in [0, 0.1) is 36.5 Å². The highest BCUT2D eigenvalue weighted by Gasteiger charge is 2.36. The number of aromatic nitrogens is 1. The second kappa shape index (κ2) is 7.78. The lowest BCUT2D eigenvalue weighted by Gasteiger charge is -2.47. The third kappa shape index (κ3) is 3.31. The lowest BCUT2D eigenvalue weighted by Crippen LogP contribution is -2.48. The first kappa shape index (κ1) is 22.6. The Hall–Kier alpha value is -3.57. The normalized spacial score (nSPS) is 19.8. The number of nitrogen functional groups attached to an aromatic ring is 1. The fourth-order valence-corrected chi connectivity index (χ4v) is 5.76. The minimum atomic E-state index is 0.120. The average Bonchev–Trinajstić information content (AvgIpc) is 2.99. The van der Waals surface area contributed by atoms with E-state index in [1.165, 1.54) is 16.8 Å². The van der Waals surface area contributed by atoms with Crippen molar-refractivity contribution in [1.82, 2.24) is 4.98 Å². The lowest BCUT2D eigenvalue weighted by molar-refractivity contribution is 0.381. The molecular formula is C28H31N5. The second-order valence-corrected chi connectivity index (χ2v) is 9.93. The molecule has 1 atom stereocenters. The second-order valence-electron chi connectivity index (χ2n) is 9.93. The molecule has 1 unspecified atom stereocenters. The van der Waals surface area contributed by atoms with Gasteiger partial charge in [-0.05, 0) is 105 Å². The Bertz CT molecular complexity index is 1330. The molecule has 2 aromatic rings. The molecule has 4 rings (SSSR count). The Morgan fingerprint density at radius 3 is 2.52 bits per heavy atom. The van der Waals surface area contributed by atoms with Gasteiger partial charge in [0.05, 0.1) is 16.8 Å². The van der Waals surface area contributed by atoms with E-state index in [1.807, 2.05) is 13.8 Å². The largest absolute Gasteiger partial charge is 0.383 e. The van der Waals surface area contributed by atoms with E-state index in [1.54, 1.807) is 0 Å². The number of fused-ring (bicyclic) bond motifs is 2. The zero-order chi connectivity index (χ0) is 24.2. The minimum Gasteiger partial charge on any atom is -0.383 e. The summed E-state index contributed by atoms with van der Waals surface area (Å²) < 4.78 is 0. The summed E-state index contributed by atoms with van der Waals surface area (Å²) in [4.78, 5) is 6.96. The molecule has 0 radical (unpaired) electrons. The number of hydrogen-bond acceptors (Lipinski definition) is 5. The van der Waals surface area contributed by atoms with Gasteiger partial charge in [0.15, 0.2) is 0 Å². The molecular weight excluding hydrogens is 406 g/mol. The van der Waals surface area contributed by atoms with Crippen LogP contribution in [-0.2, 0) is 0 Å². The Kier molecular flexibility index (Phi) is 5.33. The standard InChI is InChI=1S/C28H31N5/c1-8-33-24-9-15(2)19(10-20(24)16(3)12-28(33,6)7)11-21-17(4)22(13-29)26-25(21)18(5)23(14-30)27(31)32-26/h9-11,16H,8,12H2,1-7H3,(H2,31,32)/b21-11-. The number of aryl methyl sites for hydroxylation is 1. The van der Waals surface area contributed by atoms with Crippen LogP contribution < -0.4 is 10.6 Å². The molecule has 0 saturated heterocycles. The summed E-state index contributed by atoms with van der Waals surface area (Å²) in [6, 6.07) is 9.09. The molecule has 1 aliphatic carbocycles. The van der Waals surface area contributed by atoms with Crippen molar-refractivity contribution in [2.24, 2.45) is 0 Å². The van der Waals surface area contributed by atoms with Crippen molar-refractivity contribution in [2.45, 2.75) is 66.3 Å². The third-order valence-corrected chi connectivity index (χ3v) is 7.37. The minimum absolute atomic E-state index is 0.120. The molecule has 1 aliphatic heterocycles. The summed E-state index contributed by atoms with van der Waals surface area (Å²) in [5, 5.41) is 19.5. The molecule has 33 heavy (non-hydrogen) atoms. The molecule has 0 amide bonds. The van der Waals surface area contributed by atoms with E-state index in [-0.39, 0.29) is 11.4 Å². The van der Waals surface area contributed by atoms with Crippen LogP contribution in [-0.4, -0.2) is 17.1 Å². The van der Waals surface area contributed by atoms with Crippen LogP contribution in [0.1, 0.15) is 86.0 Å². The van der Waals surface area contributed by atoms with Gasteiger partial charge in [-0.3, -0.25) is 0 Å². The SMILES string of the molecule is CCN1c2cc(C)c(/C=C3/C(C)=C(C#N)c4nc(N)c(C#N)c(C)c43)cc2C(C)CC1(C)C. The summed E-state index contributed by atoms with van der Waals surface area (Å²) in [5.74, 6) is 0.628. The van der Waals surface area contributed by atoms with Gasteiger partial charge < -0.3 is 10.6 Å². The van der Waals surface area contributed by atoms with Crippen molar-refractivity contribution in [3.05, 3.63) is 56.8 Å². The molecule has 0 bridgehead atoms. The van der Waals surface area contributed by atoms with E-state index < -0.39 is 0 Å². The first-order valence-corrected chi connectivity index (χ1v) is 11.5. The van der Waals surface area contributed by atoms with Gasteiger partial charge in [0.2, 0.25) is 0 Å². The monoisotopic (exact) mass is 437 g/mol. The van der Waals surface area contributed by atoms with Gasteiger partial charge in [-0.2, -0.15) is 10.5 Å². The molecule has 1 aromatic carbocycles. The summed E-state index contributed by atoms with van der Waals surface area (Å²) in [7, 11) is 0. The van der Waals surface area contributed by atoms with Crippen molar-refractivity contribution in [2.75, 3.05) is 17.2 Å². The number of allylic oxidation sites excluding steroid dienone is 3. The molecule has 2 aliphatic rings. The Balaban J connectivity index is 1.95. The molecule has 2 N–H and O–H groups in total. The topological polar surface area (TPSA) is 89.7 Å². The highest BCUT2D eigenvalue weighted by Crippen LogP contribution is 2.47. The van der Waals surface area contributed by atoms with Crippen molar-refractivity contribution >= 4 is 28.7 Å². The number of rotatable bonds is 2. The summed E-state index contributed by atoms with van der Waals surface area (Å²) in [6.07, 6.45) is 3.25. The zero-order valence-corrected chi connectivity index (χ0v) is 20.6. The van der Waals surface area contributed by atoms with Gasteiger partial charge in [-0.1, -0.05) is 6.92 Å². The summed E-state index contributed by atoms with van der Waals surface area (Å²) >= 11 is 0. The molecule has 5 nitrogen and oxygen atoms in total. The maximum atomic E-state index is 9.84. The van der Waals surface area contributed by atoms with Crippen LogP contribution >= 0.6 is 0 Å². The number of pyridine rings is 1. The van der Waals surface area contributed by atoms with Crippen molar-refractivity contribution in [3.8, 4) is 12.1 Å². The van der Waals surface area contributed by atoms with Gasteiger partial charge in [0.1, 0.15) is 18.0 Å². The van der Waals surface area contributed by atoms with Crippen molar-refractivity contribution in [3.63, 3.8) is 0 Å². The predicted octanol–water partition coefficient (Wildman–Crippen LogP) is 6.12. The molecule has 168 valence electrons. The van der Waals surface area contributed by atoms with E-state index >= 15 is 0 Å². The smallest absolute Gasteiger partial charge is 0.142 e. The van der Waals surface area contributed by atoms with E-state index in [4.69, 9.17) is 5.73 Å². The van der Waals surface area contributed by atoms with Gasteiger partial charge in [-0.25, -0.2) is 4.98 Å². The number of hydrogen-bond donors (Lipinski definition) is 1. The van der Waals surface area contributed by atoms with Crippen molar-refractivity contribution < 1.29 is 0 Å². The number of nitrogens with zero attached hydrogens (tertiary/aromatic N) is 4. The third-order valence-electron chi connectivity index (χ3n) is 7.37. The van der Waals surface area contributed by atoms with E-state index in [2.05, 4.69) is 74.8 Å². The first-order chi connectivity index (χ1) is 15.5. The Morgan fingerprint density at radius 2 is 1.91 bits per heavy atom. The van der Waals surface area contributed by atoms with Crippen LogP contribution in [0.15, 0.2) is 17.7 Å². The molecule has 1 aromatic heterocycles. The van der Waals surface area contributed by atoms with Crippen LogP contribution in [0.3, 0.4) is 0 Å². The lowest BCUT2D eigenvalue weighted by atomic mass is 9.79. The Morgan fingerprint density at radius 1 is 1.21 bits per heavy atom. The van der Waals surface area contributed by atoms with E-state index in [9.17, 15) is 10.5 Å². The number of nitrogens with two attached hydrogens (primary N) is 1. The van der Waals surface area contributed by atoms with Crippen LogP contribution in [0.25, 0.3) is 17.2 Å². The van der Waals surface area contributed by atoms with Gasteiger partial charge in [0, 0.05) is 23.3 Å².